The summed E-state index contributed by atoms with van der Waals surface area (Å²) in [7, 11) is 1.64. The molecule has 0 bridgehead atoms. The number of para-hydroxylation sites is 2. The van der Waals surface area contributed by atoms with E-state index < -0.39 is 0 Å². The monoisotopic (exact) mass is 335 g/mol. The Hall–Kier alpha value is -1.68. The third-order valence-electron chi connectivity index (χ3n) is 2.96. The molecule has 0 fully saturated rings. The Morgan fingerprint density at radius 3 is 2.65 bits per heavy atom. The van der Waals surface area contributed by atoms with Crippen LogP contribution < -0.4 is 14.8 Å². The molecule has 0 aromatic heterocycles. The molecule has 2 rings (SSSR count). The molecule has 4 heteroatoms. The molecule has 1 N–H and O–H groups in total. The SMILES string of the molecule is COc1cccc(Br)c1OCCNc1ccccc1C. The van der Waals surface area contributed by atoms with Crippen molar-refractivity contribution >= 4 is 21.6 Å². The molecule has 0 unspecified atom stereocenters. The van der Waals surface area contributed by atoms with Crippen LogP contribution in [0.1, 0.15) is 5.56 Å². The Morgan fingerprint density at radius 1 is 1.10 bits per heavy atom. The second-order valence-corrected chi connectivity index (χ2v) is 5.22. The zero-order valence-corrected chi connectivity index (χ0v) is 13.2. The lowest BCUT2D eigenvalue weighted by molar-refractivity contribution is 0.304. The van der Waals surface area contributed by atoms with E-state index in [0.29, 0.717) is 6.61 Å². The van der Waals surface area contributed by atoms with E-state index in [2.05, 4.69) is 40.3 Å². The highest BCUT2D eigenvalue weighted by atomic mass is 79.9. The average Bonchev–Trinajstić information content (AvgIpc) is 2.46. The van der Waals surface area contributed by atoms with Crippen LogP contribution in [0.5, 0.6) is 11.5 Å². The third kappa shape index (κ3) is 3.67. The van der Waals surface area contributed by atoms with Crippen molar-refractivity contribution in [2.75, 3.05) is 25.6 Å². The molecule has 0 radical (unpaired) electrons. The maximum absolute atomic E-state index is 5.79. The predicted molar refractivity (Wildman–Crippen MR) is 85.9 cm³/mol. The smallest absolute Gasteiger partial charge is 0.175 e. The lowest BCUT2D eigenvalue weighted by Gasteiger charge is -2.13. The number of halogens is 1. The summed E-state index contributed by atoms with van der Waals surface area (Å²) < 4.78 is 12.0. The first-order valence-corrected chi connectivity index (χ1v) is 7.26. The highest BCUT2D eigenvalue weighted by Gasteiger charge is 2.08. The van der Waals surface area contributed by atoms with E-state index in [4.69, 9.17) is 9.47 Å². The lowest BCUT2D eigenvalue weighted by atomic mass is 10.2. The van der Waals surface area contributed by atoms with E-state index >= 15 is 0 Å². The minimum atomic E-state index is 0.563. The van der Waals surface area contributed by atoms with Gasteiger partial charge in [0, 0.05) is 12.2 Å². The number of rotatable bonds is 6. The van der Waals surface area contributed by atoms with E-state index in [-0.39, 0.29) is 0 Å². The van der Waals surface area contributed by atoms with Gasteiger partial charge in [0.05, 0.1) is 11.6 Å². The number of ether oxygens (including phenoxy) is 2. The van der Waals surface area contributed by atoms with Crippen LogP contribution in [0.25, 0.3) is 0 Å². The van der Waals surface area contributed by atoms with Gasteiger partial charge in [0.25, 0.3) is 0 Å². The molecule has 20 heavy (non-hydrogen) atoms. The van der Waals surface area contributed by atoms with Gasteiger partial charge < -0.3 is 14.8 Å². The molecular formula is C16H18BrNO2. The molecule has 2 aromatic carbocycles. The normalized spacial score (nSPS) is 10.2. The molecule has 0 aliphatic carbocycles. The summed E-state index contributed by atoms with van der Waals surface area (Å²) in [6.07, 6.45) is 0. The second kappa shape index (κ2) is 7.20. The van der Waals surface area contributed by atoms with Crippen molar-refractivity contribution in [2.45, 2.75) is 6.92 Å². The maximum atomic E-state index is 5.79. The van der Waals surface area contributed by atoms with Gasteiger partial charge in [-0.3, -0.25) is 0 Å². The zero-order valence-electron chi connectivity index (χ0n) is 11.7. The predicted octanol–water partition coefficient (Wildman–Crippen LogP) is 4.26. The number of hydrogen-bond donors (Lipinski definition) is 1. The van der Waals surface area contributed by atoms with Crippen molar-refractivity contribution in [1.82, 2.24) is 0 Å². The van der Waals surface area contributed by atoms with E-state index in [1.807, 2.05) is 30.3 Å². The summed E-state index contributed by atoms with van der Waals surface area (Å²) in [5, 5.41) is 3.36. The van der Waals surface area contributed by atoms with E-state index in [1.165, 1.54) is 5.56 Å². The van der Waals surface area contributed by atoms with Gasteiger partial charge in [-0.1, -0.05) is 24.3 Å². The van der Waals surface area contributed by atoms with Gasteiger partial charge in [0.2, 0.25) is 0 Å². The molecule has 0 atom stereocenters. The largest absolute Gasteiger partial charge is 0.493 e. The van der Waals surface area contributed by atoms with E-state index in [1.54, 1.807) is 7.11 Å². The fraction of sp³-hybridized carbons (Fsp3) is 0.250. The van der Waals surface area contributed by atoms with Crippen molar-refractivity contribution < 1.29 is 9.47 Å². The van der Waals surface area contributed by atoms with Crippen molar-refractivity contribution in [1.29, 1.82) is 0 Å². The number of methoxy groups -OCH3 is 1. The number of anilines is 1. The van der Waals surface area contributed by atoms with Crippen molar-refractivity contribution in [3.8, 4) is 11.5 Å². The Balaban J connectivity index is 1.89. The molecule has 0 aliphatic rings. The van der Waals surface area contributed by atoms with Gasteiger partial charge in [-0.2, -0.15) is 0 Å². The Kier molecular flexibility index (Phi) is 5.30. The maximum Gasteiger partial charge on any atom is 0.175 e. The molecule has 2 aromatic rings. The Morgan fingerprint density at radius 2 is 1.90 bits per heavy atom. The van der Waals surface area contributed by atoms with Crippen molar-refractivity contribution in [3.63, 3.8) is 0 Å². The molecule has 0 aliphatic heterocycles. The van der Waals surface area contributed by atoms with Crippen LogP contribution >= 0.6 is 15.9 Å². The summed E-state index contributed by atoms with van der Waals surface area (Å²) >= 11 is 3.47. The topological polar surface area (TPSA) is 30.5 Å². The second-order valence-electron chi connectivity index (χ2n) is 4.36. The van der Waals surface area contributed by atoms with Gasteiger partial charge in [-0.05, 0) is 46.6 Å². The molecule has 0 saturated carbocycles. The summed E-state index contributed by atoms with van der Waals surface area (Å²) in [5.41, 5.74) is 2.36. The van der Waals surface area contributed by atoms with Gasteiger partial charge >= 0.3 is 0 Å². The van der Waals surface area contributed by atoms with Crippen LogP contribution in [0.4, 0.5) is 5.69 Å². The van der Waals surface area contributed by atoms with Gasteiger partial charge in [-0.15, -0.1) is 0 Å². The van der Waals surface area contributed by atoms with Crippen LogP contribution in [0.3, 0.4) is 0 Å². The van der Waals surface area contributed by atoms with Crippen LogP contribution in [-0.4, -0.2) is 20.3 Å². The highest BCUT2D eigenvalue weighted by molar-refractivity contribution is 9.10. The van der Waals surface area contributed by atoms with Crippen LogP contribution in [0.2, 0.25) is 0 Å². The first kappa shape index (κ1) is 14.7. The lowest BCUT2D eigenvalue weighted by Crippen LogP contribution is -2.12. The molecule has 0 spiro atoms. The minimum Gasteiger partial charge on any atom is -0.493 e. The average molecular weight is 336 g/mol. The fourth-order valence-electron chi connectivity index (χ4n) is 1.90. The number of benzene rings is 2. The molecular weight excluding hydrogens is 318 g/mol. The summed E-state index contributed by atoms with van der Waals surface area (Å²) in [5.74, 6) is 1.47. The quantitative estimate of drug-likeness (QED) is 0.800. The first-order chi connectivity index (χ1) is 9.72. The minimum absolute atomic E-state index is 0.563. The summed E-state index contributed by atoms with van der Waals surface area (Å²) in [4.78, 5) is 0. The third-order valence-corrected chi connectivity index (χ3v) is 3.58. The summed E-state index contributed by atoms with van der Waals surface area (Å²) in [6.45, 7) is 3.38. The fourth-order valence-corrected chi connectivity index (χ4v) is 2.36. The van der Waals surface area contributed by atoms with Gasteiger partial charge in [0.15, 0.2) is 11.5 Å². The molecule has 106 valence electrons. The Labute approximate surface area is 128 Å². The number of aryl methyl sites for hydroxylation is 1. The van der Waals surface area contributed by atoms with Gasteiger partial charge in [0.1, 0.15) is 6.61 Å². The van der Waals surface area contributed by atoms with Crippen LogP contribution in [0.15, 0.2) is 46.9 Å². The first-order valence-electron chi connectivity index (χ1n) is 6.47. The Bertz CT molecular complexity index is 572. The van der Waals surface area contributed by atoms with Crippen molar-refractivity contribution in [2.24, 2.45) is 0 Å². The highest BCUT2D eigenvalue weighted by Crippen LogP contribution is 2.34. The molecule has 3 nitrogen and oxygen atoms in total. The van der Waals surface area contributed by atoms with Gasteiger partial charge in [-0.25, -0.2) is 0 Å². The standard InChI is InChI=1S/C16H18BrNO2/c1-12-6-3-4-8-14(12)18-10-11-20-16-13(17)7-5-9-15(16)19-2/h3-9,18H,10-11H2,1-2H3. The zero-order chi connectivity index (χ0) is 14.4. The molecule has 0 amide bonds. The number of hydrogen-bond acceptors (Lipinski definition) is 3. The van der Waals surface area contributed by atoms with E-state index in [9.17, 15) is 0 Å². The van der Waals surface area contributed by atoms with Crippen LogP contribution in [-0.2, 0) is 0 Å². The molecule has 0 heterocycles. The molecule has 0 saturated heterocycles. The van der Waals surface area contributed by atoms with E-state index in [0.717, 1.165) is 28.2 Å². The van der Waals surface area contributed by atoms with Crippen LogP contribution in [0, 0.1) is 6.92 Å². The summed E-state index contributed by atoms with van der Waals surface area (Å²) in [6, 6.07) is 13.9. The number of nitrogens with one attached hydrogen (secondary N) is 1. The van der Waals surface area contributed by atoms with Crippen molar-refractivity contribution in [3.05, 3.63) is 52.5 Å².